The van der Waals surface area contributed by atoms with Crippen LogP contribution in [0.2, 0.25) is 0 Å². The number of nitrogens with one attached hydrogen (secondary N) is 1. The molecular weight excluding hydrogens is 228 g/mol. The van der Waals surface area contributed by atoms with E-state index in [-0.39, 0.29) is 11.2 Å². The fraction of sp³-hybridized carbons (Fsp3) is 0.286. The first-order valence-corrected chi connectivity index (χ1v) is 6.10. The van der Waals surface area contributed by atoms with Crippen LogP contribution in [0.5, 0.6) is 0 Å². The van der Waals surface area contributed by atoms with E-state index in [1.807, 2.05) is 18.2 Å². The number of aryl methyl sites for hydroxylation is 1. The van der Waals surface area contributed by atoms with Gasteiger partial charge in [0.05, 0.1) is 0 Å². The molecule has 2 rings (SSSR count). The Bertz CT molecular complexity index is 571. The number of aromatic amines is 1. The molecule has 0 bridgehead atoms. The van der Waals surface area contributed by atoms with Gasteiger partial charge in [0.15, 0.2) is 0 Å². The van der Waals surface area contributed by atoms with Gasteiger partial charge in [-0.05, 0) is 24.8 Å². The van der Waals surface area contributed by atoms with Crippen LogP contribution in [0.3, 0.4) is 0 Å². The van der Waals surface area contributed by atoms with Crippen molar-refractivity contribution < 1.29 is 0 Å². The second-order valence-electron chi connectivity index (χ2n) is 4.22. The molecule has 0 saturated heterocycles. The molecule has 18 heavy (non-hydrogen) atoms. The number of aromatic nitrogens is 2. The van der Waals surface area contributed by atoms with Gasteiger partial charge >= 0.3 is 5.69 Å². The van der Waals surface area contributed by atoms with Gasteiger partial charge in [0, 0.05) is 18.8 Å². The highest BCUT2D eigenvalue weighted by atomic mass is 16.2. The molecule has 1 N–H and O–H groups in total. The Hall–Kier alpha value is -2.10. The number of hydrogen-bond acceptors (Lipinski definition) is 2. The third-order valence-electron chi connectivity index (χ3n) is 2.88. The summed E-state index contributed by atoms with van der Waals surface area (Å²) >= 11 is 0. The van der Waals surface area contributed by atoms with E-state index in [0.29, 0.717) is 6.54 Å². The van der Waals surface area contributed by atoms with Crippen molar-refractivity contribution in [3.05, 3.63) is 69.0 Å². The number of nitrogens with zero attached hydrogens (tertiary/aromatic N) is 1. The Labute approximate surface area is 105 Å². The molecule has 94 valence electrons. The van der Waals surface area contributed by atoms with Crippen molar-refractivity contribution in [3.63, 3.8) is 0 Å². The van der Waals surface area contributed by atoms with E-state index in [1.165, 1.54) is 22.4 Å². The van der Waals surface area contributed by atoms with Crippen LogP contribution in [-0.4, -0.2) is 9.55 Å². The third-order valence-corrected chi connectivity index (χ3v) is 2.88. The van der Waals surface area contributed by atoms with Gasteiger partial charge in [-0.1, -0.05) is 30.3 Å². The highest BCUT2D eigenvalue weighted by Gasteiger charge is 1.99. The lowest BCUT2D eigenvalue weighted by Crippen LogP contribution is -2.33. The van der Waals surface area contributed by atoms with Gasteiger partial charge in [0.25, 0.3) is 5.56 Å². The quantitative estimate of drug-likeness (QED) is 0.811. The minimum atomic E-state index is -0.331. The van der Waals surface area contributed by atoms with E-state index in [4.69, 9.17) is 0 Å². The van der Waals surface area contributed by atoms with Crippen molar-refractivity contribution in [1.29, 1.82) is 0 Å². The van der Waals surface area contributed by atoms with E-state index in [2.05, 4.69) is 17.1 Å². The van der Waals surface area contributed by atoms with Crippen molar-refractivity contribution in [2.75, 3.05) is 0 Å². The normalized spacial score (nSPS) is 10.4. The van der Waals surface area contributed by atoms with Gasteiger partial charge in [0.2, 0.25) is 0 Å². The lowest BCUT2D eigenvalue weighted by molar-refractivity contribution is 0.568. The summed E-state index contributed by atoms with van der Waals surface area (Å²) in [4.78, 5) is 25.4. The molecule has 0 unspecified atom stereocenters. The molecule has 0 aliphatic carbocycles. The molecule has 0 radical (unpaired) electrons. The van der Waals surface area contributed by atoms with Crippen molar-refractivity contribution in [3.8, 4) is 0 Å². The Balaban J connectivity index is 1.86. The molecule has 0 atom stereocenters. The Morgan fingerprint density at radius 3 is 2.50 bits per heavy atom. The molecule has 0 aliphatic rings. The number of unbranched alkanes of at least 4 members (excludes halogenated alkanes) is 1. The van der Waals surface area contributed by atoms with Crippen molar-refractivity contribution in [1.82, 2.24) is 9.55 Å². The van der Waals surface area contributed by atoms with Gasteiger partial charge in [-0.2, -0.15) is 0 Å². The molecule has 1 aromatic carbocycles. The van der Waals surface area contributed by atoms with Gasteiger partial charge in [-0.3, -0.25) is 9.36 Å². The molecule has 0 spiro atoms. The second kappa shape index (κ2) is 6.00. The van der Waals surface area contributed by atoms with Crippen LogP contribution in [0.25, 0.3) is 0 Å². The fourth-order valence-electron chi connectivity index (χ4n) is 1.91. The topological polar surface area (TPSA) is 54.9 Å². The first-order valence-electron chi connectivity index (χ1n) is 6.10. The zero-order valence-corrected chi connectivity index (χ0v) is 10.1. The van der Waals surface area contributed by atoms with E-state index in [9.17, 15) is 9.59 Å². The first-order chi connectivity index (χ1) is 8.77. The van der Waals surface area contributed by atoms with Gasteiger partial charge in [-0.15, -0.1) is 0 Å². The highest BCUT2D eigenvalue weighted by molar-refractivity contribution is 5.14. The molecule has 1 aromatic heterocycles. The summed E-state index contributed by atoms with van der Waals surface area (Å²) < 4.78 is 1.24. The average molecular weight is 244 g/mol. The number of H-pyrrole nitrogens is 1. The average Bonchev–Trinajstić information content (AvgIpc) is 2.38. The maximum absolute atomic E-state index is 11.4. The SMILES string of the molecule is O=c1cc[nH]c(=O)n1CCCCc1ccccc1. The minimum absolute atomic E-state index is 0.238. The summed E-state index contributed by atoms with van der Waals surface area (Å²) in [6, 6.07) is 11.6. The lowest BCUT2D eigenvalue weighted by atomic mass is 10.1. The summed E-state index contributed by atoms with van der Waals surface area (Å²) in [6.07, 6.45) is 4.14. The summed E-state index contributed by atoms with van der Waals surface area (Å²) in [5, 5.41) is 0. The van der Waals surface area contributed by atoms with E-state index < -0.39 is 0 Å². The molecule has 1 heterocycles. The molecule has 4 nitrogen and oxygen atoms in total. The zero-order chi connectivity index (χ0) is 12.8. The second-order valence-corrected chi connectivity index (χ2v) is 4.22. The van der Waals surface area contributed by atoms with Gasteiger partial charge in [0.1, 0.15) is 0 Å². The maximum atomic E-state index is 11.4. The van der Waals surface area contributed by atoms with Crippen LogP contribution in [-0.2, 0) is 13.0 Å². The van der Waals surface area contributed by atoms with Crippen LogP contribution < -0.4 is 11.2 Å². The van der Waals surface area contributed by atoms with Crippen molar-refractivity contribution in [2.24, 2.45) is 0 Å². The number of hydrogen-bond donors (Lipinski definition) is 1. The molecule has 4 heteroatoms. The molecular formula is C14H16N2O2. The van der Waals surface area contributed by atoms with Gasteiger partial charge < -0.3 is 4.98 Å². The molecule has 0 saturated carbocycles. The standard InChI is InChI=1S/C14H16N2O2/c17-13-9-10-15-14(18)16(13)11-5-4-8-12-6-2-1-3-7-12/h1-3,6-7,9-10H,4-5,8,11H2,(H,15,18). The van der Waals surface area contributed by atoms with Crippen LogP contribution in [0.1, 0.15) is 18.4 Å². The summed E-state index contributed by atoms with van der Waals surface area (Å²) in [5.41, 5.74) is 0.715. The summed E-state index contributed by atoms with van der Waals surface area (Å²) in [5.74, 6) is 0. The zero-order valence-electron chi connectivity index (χ0n) is 10.1. The van der Waals surface area contributed by atoms with E-state index >= 15 is 0 Å². The van der Waals surface area contributed by atoms with Crippen LogP contribution in [0.15, 0.2) is 52.2 Å². The van der Waals surface area contributed by atoms with Gasteiger partial charge in [-0.25, -0.2) is 4.79 Å². The summed E-state index contributed by atoms with van der Waals surface area (Å²) in [7, 11) is 0. The van der Waals surface area contributed by atoms with Crippen LogP contribution >= 0.6 is 0 Å². The highest BCUT2D eigenvalue weighted by Crippen LogP contribution is 2.04. The number of benzene rings is 1. The van der Waals surface area contributed by atoms with E-state index in [1.54, 1.807) is 0 Å². The van der Waals surface area contributed by atoms with E-state index in [0.717, 1.165) is 19.3 Å². The number of rotatable bonds is 5. The maximum Gasteiger partial charge on any atom is 0.328 e. The lowest BCUT2D eigenvalue weighted by Gasteiger charge is -2.04. The third kappa shape index (κ3) is 3.20. The first kappa shape index (κ1) is 12.4. The predicted octanol–water partition coefficient (Wildman–Crippen LogP) is 1.56. The molecule has 0 aliphatic heterocycles. The smallest absolute Gasteiger partial charge is 0.314 e. The van der Waals surface area contributed by atoms with Crippen molar-refractivity contribution in [2.45, 2.75) is 25.8 Å². The molecule has 2 aromatic rings. The summed E-state index contributed by atoms with van der Waals surface area (Å²) in [6.45, 7) is 0.474. The monoisotopic (exact) mass is 244 g/mol. The molecule has 0 fully saturated rings. The van der Waals surface area contributed by atoms with Crippen LogP contribution in [0.4, 0.5) is 0 Å². The minimum Gasteiger partial charge on any atom is -0.314 e. The molecule has 0 amide bonds. The Morgan fingerprint density at radius 1 is 1.00 bits per heavy atom. The Kier molecular flexibility index (Phi) is 4.12. The predicted molar refractivity (Wildman–Crippen MR) is 70.7 cm³/mol. The Morgan fingerprint density at radius 2 is 1.78 bits per heavy atom. The fourth-order valence-corrected chi connectivity index (χ4v) is 1.91. The van der Waals surface area contributed by atoms with Crippen LogP contribution in [0, 0.1) is 0 Å². The van der Waals surface area contributed by atoms with Crippen molar-refractivity contribution >= 4 is 0 Å². The largest absolute Gasteiger partial charge is 0.328 e.